The summed E-state index contributed by atoms with van der Waals surface area (Å²) in [4.78, 5) is 8.32. The maximum Gasteiger partial charge on any atom is 0.182 e. The summed E-state index contributed by atoms with van der Waals surface area (Å²) < 4.78 is 48.4. The van der Waals surface area contributed by atoms with Crippen LogP contribution in [0.4, 0.5) is 10.2 Å². The molecule has 0 aliphatic heterocycles. The summed E-state index contributed by atoms with van der Waals surface area (Å²) in [5.41, 5.74) is 8.08. The summed E-state index contributed by atoms with van der Waals surface area (Å²) in [6.07, 6.45) is 3.05. The molecule has 4 rings (SSSR count). The van der Waals surface area contributed by atoms with Gasteiger partial charge in [0.05, 0.1) is 23.1 Å². The van der Waals surface area contributed by atoms with E-state index in [0.717, 1.165) is 0 Å². The number of sulfone groups is 1. The summed E-state index contributed by atoms with van der Waals surface area (Å²) in [6.45, 7) is 1.76. The predicted octanol–water partition coefficient (Wildman–Crippen LogP) is 3.65. The molecular formula is C22H21FN4O3S. The molecule has 9 heteroatoms. The third kappa shape index (κ3) is 3.61. The molecular weight excluding hydrogens is 419 g/mol. The number of fused-ring (bicyclic) bond motifs is 1. The van der Waals surface area contributed by atoms with Crippen molar-refractivity contribution in [2.45, 2.75) is 17.6 Å². The van der Waals surface area contributed by atoms with E-state index < -0.39 is 21.4 Å². The molecule has 2 aromatic heterocycles. The second-order valence-electron chi connectivity index (χ2n) is 7.28. The minimum atomic E-state index is -3.78. The average molecular weight is 441 g/mol. The number of aromatic nitrogens is 3. The third-order valence-corrected chi connectivity index (χ3v) is 6.89. The molecule has 2 N–H and O–H groups in total. The normalized spacial score (nSPS) is 11.7. The van der Waals surface area contributed by atoms with E-state index in [1.165, 1.54) is 31.6 Å². The molecule has 0 radical (unpaired) electrons. The first-order valence-corrected chi connectivity index (χ1v) is 11.1. The highest BCUT2D eigenvalue weighted by molar-refractivity contribution is 7.90. The highest BCUT2D eigenvalue weighted by Gasteiger charge is 2.22. The number of aryl methyl sites for hydroxylation is 2. The van der Waals surface area contributed by atoms with Crippen LogP contribution in [0.1, 0.15) is 11.1 Å². The van der Waals surface area contributed by atoms with Gasteiger partial charge in [-0.1, -0.05) is 18.2 Å². The van der Waals surface area contributed by atoms with E-state index in [9.17, 15) is 8.42 Å². The fraction of sp³-hybridized carbons (Fsp3) is 0.182. The molecule has 0 atom stereocenters. The highest BCUT2D eigenvalue weighted by Crippen LogP contribution is 2.35. The molecule has 160 valence electrons. The number of benzene rings is 2. The molecule has 7 nitrogen and oxygen atoms in total. The highest BCUT2D eigenvalue weighted by atomic mass is 32.2. The summed E-state index contributed by atoms with van der Waals surface area (Å²) in [5.74, 6) is -0.281. The molecule has 0 unspecified atom stereocenters. The van der Waals surface area contributed by atoms with Crippen molar-refractivity contribution >= 4 is 26.7 Å². The van der Waals surface area contributed by atoms with E-state index in [2.05, 4.69) is 9.97 Å². The van der Waals surface area contributed by atoms with E-state index in [1.54, 1.807) is 42.9 Å². The van der Waals surface area contributed by atoms with Crippen molar-refractivity contribution in [3.8, 4) is 16.9 Å². The Morgan fingerprint density at radius 1 is 1.16 bits per heavy atom. The lowest BCUT2D eigenvalue weighted by Crippen LogP contribution is -2.07. The van der Waals surface area contributed by atoms with Crippen molar-refractivity contribution in [3.63, 3.8) is 0 Å². The zero-order valence-electron chi connectivity index (χ0n) is 17.3. The van der Waals surface area contributed by atoms with Gasteiger partial charge in [-0.15, -0.1) is 0 Å². The van der Waals surface area contributed by atoms with Gasteiger partial charge in [-0.2, -0.15) is 0 Å². The Bertz CT molecular complexity index is 1410. The summed E-state index contributed by atoms with van der Waals surface area (Å²) in [5, 5.41) is 0.523. The Kier molecular flexibility index (Phi) is 5.14. The van der Waals surface area contributed by atoms with Crippen molar-refractivity contribution in [2.24, 2.45) is 7.05 Å². The number of nitrogens with zero attached hydrogens (tertiary/aromatic N) is 3. The fourth-order valence-electron chi connectivity index (χ4n) is 3.67. The van der Waals surface area contributed by atoms with Crippen LogP contribution in [-0.2, 0) is 22.6 Å². The van der Waals surface area contributed by atoms with Gasteiger partial charge in [0.2, 0.25) is 0 Å². The number of halogens is 1. The first kappa shape index (κ1) is 20.8. The van der Waals surface area contributed by atoms with Gasteiger partial charge in [0.15, 0.2) is 9.84 Å². The Morgan fingerprint density at radius 3 is 2.65 bits per heavy atom. The first-order valence-electron chi connectivity index (χ1n) is 9.43. The van der Waals surface area contributed by atoms with Crippen LogP contribution in [0.25, 0.3) is 22.2 Å². The topological polar surface area (TPSA) is 100 Å². The van der Waals surface area contributed by atoms with E-state index in [0.29, 0.717) is 27.9 Å². The molecule has 0 aliphatic rings. The minimum absolute atomic E-state index is 0.0680. The first-order chi connectivity index (χ1) is 14.7. The summed E-state index contributed by atoms with van der Waals surface area (Å²) >= 11 is 0. The van der Waals surface area contributed by atoms with Crippen LogP contribution >= 0.6 is 0 Å². The number of rotatable bonds is 5. The van der Waals surface area contributed by atoms with Gasteiger partial charge in [0.25, 0.3) is 0 Å². The van der Waals surface area contributed by atoms with Gasteiger partial charge in [-0.25, -0.2) is 22.8 Å². The molecule has 31 heavy (non-hydrogen) atoms. The van der Waals surface area contributed by atoms with Crippen LogP contribution in [0.3, 0.4) is 0 Å². The lowest BCUT2D eigenvalue weighted by molar-refractivity contribution is 0.411. The Hall–Kier alpha value is -3.46. The number of hydrogen-bond donors (Lipinski definition) is 1. The van der Waals surface area contributed by atoms with Crippen LogP contribution in [-0.4, -0.2) is 30.1 Å². The van der Waals surface area contributed by atoms with Crippen LogP contribution in [0.5, 0.6) is 5.75 Å². The number of methoxy groups -OCH3 is 1. The molecule has 0 bridgehead atoms. The lowest BCUT2D eigenvalue weighted by Gasteiger charge is -2.11. The smallest absolute Gasteiger partial charge is 0.182 e. The number of nitrogens with two attached hydrogens (primary N) is 1. The number of hydrogen-bond acceptors (Lipinski definition) is 6. The standard InChI is InChI=1S/C22H21FN4O3S/c1-13-9-15(7-8-18(13)30-3)31(28,29)11-14-5-4-6-16(20(14)23)17-10-27(2)22-19(17)21(24)25-12-26-22/h4-10,12H,11H2,1-3H3,(H2,24,25,26). The molecule has 0 saturated carbocycles. The molecule has 2 aromatic carbocycles. The van der Waals surface area contributed by atoms with Crippen molar-refractivity contribution in [1.82, 2.24) is 14.5 Å². The predicted molar refractivity (Wildman–Crippen MR) is 117 cm³/mol. The van der Waals surface area contributed by atoms with Crippen LogP contribution in [0, 0.1) is 12.7 Å². The average Bonchev–Trinajstić information content (AvgIpc) is 3.07. The number of nitrogen functional groups attached to an aromatic ring is 1. The Balaban J connectivity index is 1.78. The van der Waals surface area contributed by atoms with Gasteiger partial charge in [0.1, 0.15) is 29.4 Å². The van der Waals surface area contributed by atoms with Gasteiger partial charge in [-0.05, 0) is 30.7 Å². The molecule has 0 amide bonds. The van der Waals surface area contributed by atoms with Crippen molar-refractivity contribution < 1.29 is 17.5 Å². The maximum atomic E-state index is 15.5. The van der Waals surface area contributed by atoms with E-state index in [1.807, 2.05) is 0 Å². The number of ether oxygens (including phenoxy) is 1. The quantitative estimate of drug-likeness (QED) is 0.509. The largest absolute Gasteiger partial charge is 0.496 e. The Morgan fingerprint density at radius 2 is 1.94 bits per heavy atom. The van der Waals surface area contributed by atoms with E-state index in [-0.39, 0.29) is 21.8 Å². The van der Waals surface area contributed by atoms with E-state index >= 15 is 4.39 Å². The van der Waals surface area contributed by atoms with Crippen molar-refractivity contribution in [1.29, 1.82) is 0 Å². The van der Waals surface area contributed by atoms with Gasteiger partial charge < -0.3 is 15.0 Å². The zero-order chi connectivity index (χ0) is 22.3. The van der Waals surface area contributed by atoms with Gasteiger partial charge in [0, 0.05) is 29.9 Å². The van der Waals surface area contributed by atoms with Crippen LogP contribution in [0.2, 0.25) is 0 Å². The number of anilines is 1. The molecule has 4 aromatic rings. The monoisotopic (exact) mass is 440 g/mol. The molecule has 2 heterocycles. The van der Waals surface area contributed by atoms with Crippen molar-refractivity contribution in [3.05, 3.63) is 65.9 Å². The summed E-state index contributed by atoms with van der Waals surface area (Å²) in [6, 6.07) is 9.27. The second kappa shape index (κ2) is 7.66. The molecule has 0 spiro atoms. The second-order valence-corrected chi connectivity index (χ2v) is 9.27. The lowest BCUT2D eigenvalue weighted by atomic mass is 10.0. The maximum absolute atomic E-state index is 15.5. The Labute approximate surface area is 179 Å². The molecule has 0 aliphatic carbocycles. The fourth-order valence-corrected chi connectivity index (χ4v) is 5.10. The zero-order valence-corrected chi connectivity index (χ0v) is 18.1. The van der Waals surface area contributed by atoms with Crippen LogP contribution < -0.4 is 10.5 Å². The van der Waals surface area contributed by atoms with Crippen LogP contribution in [0.15, 0.2) is 53.8 Å². The molecule has 0 fully saturated rings. The van der Waals surface area contributed by atoms with Gasteiger partial charge >= 0.3 is 0 Å². The minimum Gasteiger partial charge on any atom is -0.496 e. The van der Waals surface area contributed by atoms with E-state index in [4.69, 9.17) is 10.5 Å². The van der Waals surface area contributed by atoms with Gasteiger partial charge in [-0.3, -0.25) is 0 Å². The SMILES string of the molecule is COc1ccc(S(=O)(=O)Cc2cccc(-c3cn(C)c4ncnc(N)c34)c2F)cc1C. The van der Waals surface area contributed by atoms with Crippen molar-refractivity contribution in [2.75, 3.05) is 12.8 Å². The molecule has 0 saturated heterocycles. The summed E-state index contributed by atoms with van der Waals surface area (Å²) in [7, 11) is -0.487. The third-order valence-electron chi connectivity index (χ3n) is 5.22.